The molecule has 188 valence electrons. The van der Waals surface area contributed by atoms with E-state index < -0.39 is 4.92 Å². The van der Waals surface area contributed by atoms with Gasteiger partial charge >= 0.3 is 0 Å². The maximum absolute atomic E-state index is 13.2. The Hall–Kier alpha value is -4.38. The SMILES string of the molecule is C=CCc1cc(C=Nn2c(CC)nc3ccc(Br)cc3c2=O)cc(OC)c1Oc1ccc([N+](=O)[O-])cn1. The number of methoxy groups -OCH3 is 1. The minimum absolute atomic E-state index is 0.144. The van der Waals surface area contributed by atoms with Crippen LogP contribution in [0.25, 0.3) is 10.9 Å². The standard InChI is InChI=1S/C26H22BrN5O5/c1-4-6-17-11-16(12-22(36-3)25(17)37-24-10-8-19(15-28-24)32(34)35)14-29-31-23(5-2)30-21-9-7-18(27)13-20(21)26(31)33/h4,7-15H,1,5-6H2,2-3H3. The van der Waals surface area contributed by atoms with Gasteiger partial charge in [0.2, 0.25) is 5.88 Å². The van der Waals surface area contributed by atoms with Crippen LogP contribution < -0.4 is 15.0 Å². The van der Waals surface area contributed by atoms with E-state index in [4.69, 9.17) is 9.47 Å². The van der Waals surface area contributed by atoms with Gasteiger partial charge in [-0.2, -0.15) is 9.78 Å². The summed E-state index contributed by atoms with van der Waals surface area (Å²) in [5.74, 6) is 1.48. The molecule has 0 fully saturated rings. The lowest BCUT2D eigenvalue weighted by Crippen LogP contribution is -2.22. The van der Waals surface area contributed by atoms with Crippen LogP contribution in [0, 0.1) is 10.1 Å². The number of allylic oxidation sites excluding steroid dienone is 1. The minimum Gasteiger partial charge on any atom is -0.493 e. The molecule has 0 aliphatic heterocycles. The summed E-state index contributed by atoms with van der Waals surface area (Å²) in [6.45, 7) is 5.71. The Kier molecular flexibility index (Phi) is 7.73. The Morgan fingerprint density at radius 1 is 1.24 bits per heavy atom. The normalized spacial score (nSPS) is 11.1. The van der Waals surface area contributed by atoms with Gasteiger partial charge in [-0.15, -0.1) is 6.58 Å². The number of hydrogen-bond donors (Lipinski definition) is 0. The number of nitro groups is 1. The maximum Gasteiger partial charge on any atom is 0.287 e. The van der Waals surface area contributed by atoms with Crippen LogP contribution in [-0.4, -0.2) is 32.9 Å². The van der Waals surface area contributed by atoms with Crippen molar-refractivity contribution in [3.8, 4) is 17.4 Å². The van der Waals surface area contributed by atoms with Crippen LogP contribution in [0.4, 0.5) is 5.69 Å². The Labute approximate surface area is 220 Å². The van der Waals surface area contributed by atoms with Crippen LogP contribution in [0.5, 0.6) is 17.4 Å². The lowest BCUT2D eigenvalue weighted by molar-refractivity contribution is -0.385. The van der Waals surface area contributed by atoms with Crippen LogP contribution in [0.15, 0.2) is 75.7 Å². The molecule has 0 bridgehead atoms. The lowest BCUT2D eigenvalue weighted by atomic mass is 10.1. The summed E-state index contributed by atoms with van der Waals surface area (Å²) < 4.78 is 13.6. The number of hydrogen-bond acceptors (Lipinski definition) is 8. The van der Waals surface area contributed by atoms with Crippen molar-refractivity contribution in [2.45, 2.75) is 19.8 Å². The fourth-order valence-corrected chi connectivity index (χ4v) is 4.01. The monoisotopic (exact) mass is 563 g/mol. The second-order valence-electron chi connectivity index (χ2n) is 7.82. The average Bonchev–Trinajstić information content (AvgIpc) is 2.89. The van der Waals surface area contributed by atoms with Crippen LogP contribution >= 0.6 is 15.9 Å². The number of ether oxygens (including phenoxy) is 2. The number of aryl methyl sites for hydroxylation is 1. The van der Waals surface area contributed by atoms with E-state index in [0.717, 1.165) is 16.2 Å². The average molecular weight is 564 g/mol. The Balaban J connectivity index is 1.75. The molecule has 2 aromatic heterocycles. The number of benzene rings is 2. The van der Waals surface area contributed by atoms with Crippen molar-refractivity contribution in [2.24, 2.45) is 5.10 Å². The van der Waals surface area contributed by atoms with Crippen LogP contribution in [-0.2, 0) is 12.8 Å². The molecule has 2 aromatic carbocycles. The first-order chi connectivity index (χ1) is 17.8. The largest absolute Gasteiger partial charge is 0.493 e. The predicted molar refractivity (Wildman–Crippen MR) is 144 cm³/mol. The highest BCUT2D eigenvalue weighted by molar-refractivity contribution is 9.10. The summed E-state index contributed by atoms with van der Waals surface area (Å²) in [6, 6.07) is 11.6. The van der Waals surface area contributed by atoms with Crippen molar-refractivity contribution in [1.82, 2.24) is 14.6 Å². The summed E-state index contributed by atoms with van der Waals surface area (Å²) in [5.41, 5.74) is 1.56. The highest BCUT2D eigenvalue weighted by atomic mass is 79.9. The Morgan fingerprint density at radius 2 is 2.05 bits per heavy atom. The number of fused-ring (bicyclic) bond motifs is 1. The van der Waals surface area contributed by atoms with Crippen molar-refractivity contribution >= 4 is 38.7 Å². The molecule has 0 saturated carbocycles. The molecule has 0 spiro atoms. The van der Waals surface area contributed by atoms with Crippen LogP contribution in [0.1, 0.15) is 23.9 Å². The van der Waals surface area contributed by atoms with Gasteiger partial charge in [-0.05, 0) is 42.3 Å². The third kappa shape index (κ3) is 5.56. The van der Waals surface area contributed by atoms with Crippen molar-refractivity contribution < 1.29 is 14.4 Å². The first-order valence-corrected chi connectivity index (χ1v) is 12.0. The maximum atomic E-state index is 13.2. The van der Waals surface area contributed by atoms with E-state index in [2.05, 4.69) is 37.6 Å². The van der Waals surface area contributed by atoms with E-state index in [9.17, 15) is 14.9 Å². The summed E-state index contributed by atoms with van der Waals surface area (Å²) in [4.78, 5) is 32.1. The molecule has 10 nitrogen and oxygen atoms in total. The zero-order valence-corrected chi connectivity index (χ0v) is 21.6. The molecule has 0 amide bonds. The third-order valence-electron chi connectivity index (χ3n) is 5.39. The molecule has 0 N–H and O–H groups in total. The molecular formula is C26H22BrN5O5. The number of pyridine rings is 1. The molecule has 0 radical (unpaired) electrons. The van der Waals surface area contributed by atoms with Gasteiger partial charge in [0.1, 0.15) is 12.0 Å². The quantitative estimate of drug-likeness (QED) is 0.115. The molecule has 0 saturated heterocycles. The van der Waals surface area contributed by atoms with E-state index in [1.165, 1.54) is 23.9 Å². The van der Waals surface area contributed by atoms with E-state index in [1.807, 2.05) is 19.1 Å². The smallest absolute Gasteiger partial charge is 0.287 e. The van der Waals surface area contributed by atoms with E-state index in [1.54, 1.807) is 30.5 Å². The highest BCUT2D eigenvalue weighted by Crippen LogP contribution is 2.36. The van der Waals surface area contributed by atoms with Gasteiger partial charge in [-0.25, -0.2) is 9.97 Å². The summed E-state index contributed by atoms with van der Waals surface area (Å²) in [5, 5.41) is 15.8. The molecule has 0 unspecified atom stereocenters. The van der Waals surface area contributed by atoms with Crippen molar-refractivity contribution in [3.63, 3.8) is 0 Å². The van der Waals surface area contributed by atoms with Gasteiger partial charge in [0.15, 0.2) is 11.5 Å². The molecule has 4 aromatic rings. The third-order valence-corrected chi connectivity index (χ3v) is 5.88. The number of halogens is 1. The van der Waals surface area contributed by atoms with Gasteiger partial charge in [0, 0.05) is 28.6 Å². The first-order valence-electron chi connectivity index (χ1n) is 11.2. The van der Waals surface area contributed by atoms with Crippen LogP contribution in [0.3, 0.4) is 0 Å². The Morgan fingerprint density at radius 3 is 2.70 bits per heavy atom. The van der Waals surface area contributed by atoms with Crippen LogP contribution in [0.2, 0.25) is 0 Å². The topological polar surface area (TPSA) is 122 Å². The molecular weight excluding hydrogens is 542 g/mol. The summed E-state index contributed by atoms with van der Waals surface area (Å²) in [6.07, 6.45) is 5.32. The zero-order chi connectivity index (χ0) is 26.5. The van der Waals surface area contributed by atoms with Gasteiger partial charge in [-0.1, -0.05) is 28.9 Å². The molecule has 37 heavy (non-hydrogen) atoms. The predicted octanol–water partition coefficient (Wildman–Crippen LogP) is 5.44. The number of aromatic nitrogens is 3. The molecule has 0 aliphatic carbocycles. The summed E-state index contributed by atoms with van der Waals surface area (Å²) >= 11 is 3.40. The number of rotatable bonds is 9. The second kappa shape index (κ2) is 11.1. The second-order valence-corrected chi connectivity index (χ2v) is 8.74. The molecule has 11 heteroatoms. The van der Waals surface area contributed by atoms with E-state index in [0.29, 0.717) is 46.6 Å². The van der Waals surface area contributed by atoms with Crippen molar-refractivity contribution in [2.75, 3.05) is 7.11 Å². The molecule has 0 aliphatic rings. The Bertz CT molecular complexity index is 1580. The van der Waals surface area contributed by atoms with Gasteiger partial charge in [0.05, 0.1) is 29.2 Å². The van der Waals surface area contributed by atoms with Crippen molar-refractivity contribution in [1.29, 1.82) is 0 Å². The molecule has 2 heterocycles. The fourth-order valence-electron chi connectivity index (χ4n) is 3.65. The fraction of sp³-hybridized carbons (Fsp3) is 0.154. The summed E-state index contributed by atoms with van der Waals surface area (Å²) in [7, 11) is 1.49. The first kappa shape index (κ1) is 25.7. The lowest BCUT2D eigenvalue weighted by Gasteiger charge is -2.15. The number of nitrogens with zero attached hydrogens (tertiary/aromatic N) is 5. The molecule has 4 rings (SSSR count). The van der Waals surface area contributed by atoms with Gasteiger partial charge < -0.3 is 9.47 Å². The van der Waals surface area contributed by atoms with Gasteiger partial charge in [-0.3, -0.25) is 14.9 Å². The van der Waals surface area contributed by atoms with Gasteiger partial charge in [0.25, 0.3) is 11.2 Å². The molecule has 0 atom stereocenters. The zero-order valence-electron chi connectivity index (χ0n) is 20.1. The highest BCUT2D eigenvalue weighted by Gasteiger charge is 2.16. The van der Waals surface area contributed by atoms with Crippen molar-refractivity contribution in [3.05, 3.63) is 103 Å². The van der Waals surface area contributed by atoms with E-state index in [-0.39, 0.29) is 17.1 Å². The minimum atomic E-state index is -0.534. The van der Waals surface area contributed by atoms with E-state index >= 15 is 0 Å².